The van der Waals surface area contributed by atoms with Crippen LogP contribution in [0.3, 0.4) is 0 Å². The number of benzene rings is 1. The van der Waals surface area contributed by atoms with Crippen molar-refractivity contribution in [3.8, 4) is 0 Å². The van der Waals surface area contributed by atoms with Crippen molar-refractivity contribution in [2.75, 3.05) is 5.73 Å². The number of rotatable bonds is 2. The van der Waals surface area contributed by atoms with Gasteiger partial charge in [-0.1, -0.05) is 12.1 Å². The maximum absolute atomic E-state index is 5.90. The quantitative estimate of drug-likeness (QED) is 0.727. The summed E-state index contributed by atoms with van der Waals surface area (Å²) < 4.78 is 5.27. The summed E-state index contributed by atoms with van der Waals surface area (Å²) >= 11 is 0. The molecule has 3 aromatic rings. The molecule has 2 N–H and O–H groups in total. The van der Waals surface area contributed by atoms with Crippen LogP contribution >= 0.6 is 0 Å². The molecule has 2 aromatic heterocycles. The molecular weight excluding hydrogens is 214 g/mol. The number of aromatic nitrogens is 2. The van der Waals surface area contributed by atoms with Crippen molar-refractivity contribution < 1.29 is 4.42 Å². The molecule has 0 spiro atoms. The average Bonchev–Trinajstić information content (AvgIpc) is 2.82. The fraction of sp³-hybridized carbons (Fsp3) is 0.0769. The van der Waals surface area contributed by atoms with Gasteiger partial charge in [-0.25, -0.2) is 9.97 Å². The molecule has 2 heterocycles. The molecule has 4 heteroatoms. The smallest absolute Gasteiger partial charge is 0.138 e. The Morgan fingerprint density at radius 2 is 1.94 bits per heavy atom. The van der Waals surface area contributed by atoms with Gasteiger partial charge >= 0.3 is 0 Å². The third-order valence-corrected chi connectivity index (χ3v) is 2.59. The van der Waals surface area contributed by atoms with Crippen molar-refractivity contribution in [1.29, 1.82) is 0 Å². The molecule has 17 heavy (non-hydrogen) atoms. The van der Waals surface area contributed by atoms with Gasteiger partial charge in [-0.2, -0.15) is 0 Å². The molecule has 0 unspecified atom stereocenters. The fourth-order valence-corrected chi connectivity index (χ4v) is 1.80. The maximum Gasteiger partial charge on any atom is 0.138 e. The summed E-state index contributed by atoms with van der Waals surface area (Å²) in [6.45, 7) is 0. The van der Waals surface area contributed by atoms with E-state index in [2.05, 4.69) is 9.97 Å². The first-order valence-corrected chi connectivity index (χ1v) is 5.36. The third-order valence-electron chi connectivity index (χ3n) is 2.59. The molecule has 0 amide bonds. The lowest BCUT2D eigenvalue weighted by Crippen LogP contribution is -2.01. The van der Waals surface area contributed by atoms with Crippen LogP contribution < -0.4 is 5.73 Å². The van der Waals surface area contributed by atoms with Gasteiger partial charge in [0.05, 0.1) is 18.2 Å². The lowest BCUT2D eigenvalue weighted by molar-refractivity contribution is 0.517. The third kappa shape index (κ3) is 1.85. The lowest BCUT2D eigenvalue weighted by atomic mass is 10.2. The van der Waals surface area contributed by atoms with Crippen molar-refractivity contribution in [3.63, 3.8) is 0 Å². The Balaban J connectivity index is 2.06. The first kappa shape index (κ1) is 9.84. The second-order valence-electron chi connectivity index (χ2n) is 3.80. The highest BCUT2D eigenvalue weighted by molar-refractivity contribution is 5.87. The maximum atomic E-state index is 5.90. The van der Waals surface area contributed by atoms with Gasteiger partial charge in [0.25, 0.3) is 0 Å². The van der Waals surface area contributed by atoms with Crippen LogP contribution in [-0.2, 0) is 6.42 Å². The van der Waals surface area contributed by atoms with Crippen molar-refractivity contribution in [2.45, 2.75) is 6.42 Å². The van der Waals surface area contributed by atoms with E-state index < -0.39 is 0 Å². The van der Waals surface area contributed by atoms with Gasteiger partial charge in [0.15, 0.2) is 0 Å². The summed E-state index contributed by atoms with van der Waals surface area (Å²) in [4.78, 5) is 8.74. The molecule has 3 rings (SSSR count). The van der Waals surface area contributed by atoms with Crippen LogP contribution in [0.4, 0.5) is 5.82 Å². The molecule has 0 saturated heterocycles. The van der Waals surface area contributed by atoms with Crippen LogP contribution in [0.5, 0.6) is 0 Å². The van der Waals surface area contributed by atoms with E-state index in [9.17, 15) is 0 Å². The number of nitrogens with two attached hydrogens (primary N) is 1. The Labute approximate surface area is 98.1 Å². The van der Waals surface area contributed by atoms with E-state index in [1.165, 1.54) is 0 Å². The first-order valence-electron chi connectivity index (χ1n) is 5.36. The van der Waals surface area contributed by atoms with E-state index in [1.54, 1.807) is 6.26 Å². The number of hydrogen-bond acceptors (Lipinski definition) is 4. The zero-order valence-electron chi connectivity index (χ0n) is 9.13. The summed E-state index contributed by atoms with van der Waals surface area (Å²) in [5, 5.41) is 0.885. The Bertz CT molecular complexity index is 647. The number of nitrogen functional groups attached to an aromatic ring is 1. The van der Waals surface area contributed by atoms with Gasteiger partial charge in [0.2, 0.25) is 0 Å². The van der Waals surface area contributed by atoms with Crippen LogP contribution in [-0.4, -0.2) is 9.97 Å². The van der Waals surface area contributed by atoms with Gasteiger partial charge in [-0.3, -0.25) is 0 Å². The highest BCUT2D eigenvalue weighted by Gasteiger charge is 2.06. The lowest BCUT2D eigenvalue weighted by Gasteiger charge is -2.03. The van der Waals surface area contributed by atoms with E-state index >= 15 is 0 Å². The van der Waals surface area contributed by atoms with Gasteiger partial charge in [-0.05, 0) is 24.3 Å². The first-order chi connectivity index (χ1) is 8.33. The minimum atomic E-state index is 0.511. The Kier molecular flexibility index (Phi) is 2.26. The summed E-state index contributed by atoms with van der Waals surface area (Å²) in [7, 11) is 0. The van der Waals surface area contributed by atoms with E-state index in [0.717, 1.165) is 16.7 Å². The minimum absolute atomic E-state index is 0.511. The predicted molar refractivity (Wildman–Crippen MR) is 65.5 cm³/mol. The second-order valence-corrected chi connectivity index (χ2v) is 3.80. The van der Waals surface area contributed by atoms with E-state index in [4.69, 9.17) is 10.2 Å². The van der Waals surface area contributed by atoms with E-state index in [0.29, 0.717) is 18.1 Å². The zero-order valence-corrected chi connectivity index (χ0v) is 9.13. The number of para-hydroxylation sites is 1. The average molecular weight is 225 g/mol. The van der Waals surface area contributed by atoms with Crippen LogP contribution in [0.2, 0.25) is 0 Å². The molecule has 0 aliphatic carbocycles. The number of fused-ring (bicyclic) bond motifs is 1. The van der Waals surface area contributed by atoms with Crippen LogP contribution in [0.15, 0.2) is 47.1 Å². The topological polar surface area (TPSA) is 64.9 Å². The molecule has 0 atom stereocenters. The highest BCUT2D eigenvalue weighted by atomic mass is 16.3. The number of nitrogens with zero attached hydrogens (tertiary/aromatic N) is 2. The van der Waals surface area contributed by atoms with Crippen molar-refractivity contribution >= 4 is 16.7 Å². The van der Waals surface area contributed by atoms with Crippen molar-refractivity contribution in [3.05, 3.63) is 54.2 Å². The second kappa shape index (κ2) is 3.90. The molecular formula is C13H11N3O. The largest absolute Gasteiger partial charge is 0.469 e. The Morgan fingerprint density at radius 1 is 1.06 bits per heavy atom. The molecule has 0 saturated carbocycles. The summed E-state index contributed by atoms with van der Waals surface area (Å²) in [6.07, 6.45) is 2.20. The van der Waals surface area contributed by atoms with Gasteiger partial charge < -0.3 is 10.2 Å². The van der Waals surface area contributed by atoms with E-state index in [1.807, 2.05) is 36.4 Å². The number of hydrogen-bond donors (Lipinski definition) is 1. The van der Waals surface area contributed by atoms with Gasteiger partial charge in [0, 0.05) is 5.39 Å². The van der Waals surface area contributed by atoms with Crippen molar-refractivity contribution in [2.24, 2.45) is 0 Å². The minimum Gasteiger partial charge on any atom is -0.469 e. The molecule has 1 aromatic carbocycles. The molecule has 4 nitrogen and oxygen atoms in total. The summed E-state index contributed by atoms with van der Waals surface area (Å²) in [6, 6.07) is 11.5. The molecule has 0 fully saturated rings. The molecule has 84 valence electrons. The standard InChI is InChI=1S/C13H11N3O/c14-13-10-5-1-2-6-11(10)15-12(16-13)8-9-4-3-7-17-9/h1-7H,8H2,(H2,14,15,16). The fourth-order valence-electron chi connectivity index (χ4n) is 1.80. The number of furan rings is 1. The normalized spacial score (nSPS) is 10.8. The molecule has 0 aliphatic rings. The van der Waals surface area contributed by atoms with Gasteiger partial charge in [0.1, 0.15) is 17.4 Å². The van der Waals surface area contributed by atoms with Gasteiger partial charge in [-0.15, -0.1) is 0 Å². The zero-order chi connectivity index (χ0) is 11.7. The van der Waals surface area contributed by atoms with Crippen LogP contribution in [0, 0.1) is 0 Å². The Morgan fingerprint density at radius 3 is 2.76 bits per heavy atom. The van der Waals surface area contributed by atoms with Crippen LogP contribution in [0.1, 0.15) is 11.6 Å². The molecule has 0 aliphatic heterocycles. The summed E-state index contributed by atoms with van der Waals surface area (Å²) in [5.74, 6) is 2.02. The van der Waals surface area contributed by atoms with Crippen LogP contribution in [0.25, 0.3) is 10.9 Å². The Hall–Kier alpha value is -2.36. The van der Waals surface area contributed by atoms with E-state index in [-0.39, 0.29) is 0 Å². The summed E-state index contributed by atoms with van der Waals surface area (Å²) in [5.41, 5.74) is 6.77. The molecule has 0 bridgehead atoms. The monoisotopic (exact) mass is 225 g/mol. The van der Waals surface area contributed by atoms with Crippen molar-refractivity contribution in [1.82, 2.24) is 9.97 Å². The highest BCUT2D eigenvalue weighted by Crippen LogP contribution is 2.18. The molecule has 0 radical (unpaired) electrons. The SMILES string of the molecule is Nc1nc(Cc2ccco2)nc2ccccc12. The number of anilines is 1. The predicted octanol–water partition coefficient (Wildman–Crippen LogP) is 2.40.